The van der Waals surface area contributed by atoms with Crippen LogP contribution >= 0.6 is 0 Å². The second-order valence-corrected chi connectivity index (χ2v) is 5.62. The topological polar surface area (TPSA) is 55.1 Å². The van der Waals surface area contributed by atoms with Gasteiger partial charge in [0.05, 0.1) is 5.56 Å². The molecule has 0 aliphatic heterocycles. The van der Waals surface area contributed by atoms with Gasteiger partial charge in [-0.3, -0.25) is 4.79 Å². The second-order valence-electron chi connectivity index (χ2n) is 5.62. The quantitative estimate of drug-likeness (QED) is 0.673. The first-order valence-electron chi connectivity index (χ1n) is 7.60. The maximum absolute atomic E-state index is 13.1. The van der Waals surface area contributed by atoms with Crippen LogP contribution < -0.4 is 5.32 Å². The highest BCUT2D eigenvalue weighted by molar-refractivity contribution is 5.93. The molecule has 3 aromatic rings. The Morgan fingerprint density at radius 1 is 1.04 bits per heavy atom. The van der Waals surface area contributed by atoms with Gasteiger partial charge in [0.1, 0.15) is 11.6 Å². The molecule has 0 aliphatic rings. The van der Waals surface area contributed by atoms with Crippen molar-refractivity contribution in [2.45, 2.75) is 12.7 Å². The predicted octanol–water partition coefficient (Wildman–Crippen LogP) is 4.57. The lowest BCUT2D eigenvalue weighted by Gasteiger charge is -2.06. The van der Waals surface area contributed by atoms with Crippen LogP contribution in [0.25, 0.3) is 11.3 Å². The van der Waals surface area contributed by atoms with E-state index in [0.29, 0.717) is 6.07 Å². The third-order valence-corrected chi connectivity index (χ3v) is 3.59. The van der Waals surface area contributed by atoms with Crippen molar-refractivity contribution >= 4 is 5.91 Å². The molecule has 9 heteroatoms. The molecule has 1 heterocycles. The van der Waals surface area contributed by atoms with Gasteiger partial charge in [-0.1, -0.05) is 17.3 Å². The van der Waals surface area contributed by atoms with E-state index in [1.165, 1.54) is 18.2 Å². The van der Waals surface area contributed by atoms with E-state index < -0.39 is 29.3 Å². The molecule has 0 unspecified atom stereocenters. The van der Waals surface area contributed by atoms with E-state index in [0.717, 1.165) is 24.3 Å². The van der Waals surface area contributed by atoms with Crippen molar-refractivity contribution in [2.24, 2.45) is 0 Å². The van der Waals surface area contributed by atoms with Crippen molar-refractivity contribution in [3.63, 3.8) is 0 Å². The Morgan fingerprint density at radius 3 is 2.41 bits per heavy atom. The molecule has 27 heavy (non-hydrogen) atoms. The van der Waals surface area contributed by atoms with Crippen LogP contribution in [0, 0.1) is 11.6 Å². The summed E-state index contributed by atoms with van der Waals surface area (Å²) in [5.74, 6) is -2.30. The van der Waals surface area contributed by atoms with Gasteiger partial charge in [-0.25, -0.2) is 8.78 Å². The number of alkyl halides is 3. The Labute approximate surface area is 149 Å². The van der Waals surface area contributed by atoms with Crippen LogP contribution in [0.2, 0.25) is 0 Å². The third-order valence-electron chi connectivity index (χ3n) is 3.59. The number of hydrogen-bond donors (Lipinski definition) is 1. The third kappa shape index (κ3) is 4.49. The summed E-state index contributed by atoms with van der Waals surface area (Å²) in [6, 6.07) is 8.36. The number of benzene rings is 2. The number of nitrogens with zero attached hydrogens (tertiary/aromatic N) is 1. The van der Waals surface area contributed by atoms with Crippen LogP contribution in [0.5, 0.6) is 0 Å². The highest BCUT2D eigenvalue weighted by Crippen LogP contribution is 2.32. The lowest BCUT2D eigenvalue weighted by Crippen LogP contribution is -2.23. The first-order valence-corrected chi connectivity index (χ1v) is 7.60. The number of nitrogens with one attached hydrogen (secondary N) is 1. The zero-order valence-electron chi connectivity index (χ0n) is 13.5. The van der Waals surface area contributed by atoms with E-state index in [4.69, 9.17) is 4.52 Å². The zero-order valence-corrected chi connectivity index (χ0v) is 13.5. The molecule has 2 aromatic carbocycles. The summed E-state index contributed by atoms with van der Waals surface area (Å²) in [5, 5.41) is 5.91. The van der Waals surface area contributed by atoms with E-state index in [1.54, 1.807) is 0 Å². The highest BCUT2D eigenvalue weighted by atomic mass is 19.4. The van der Waals surface area contributed by atoms with Gasteiger partial charge in [0, 0.05) is 24.2 Å². The summed E-state index contributed by atoms with van der Waals surface area (Å²) in [7, 11) is 0. The molecule has 4 nitrogen and oxygen atoms in total. The fraction of sp³-hybridized carbons (Fsp3) is 0.111. The summed E-state index contributed by atoms with van der Waals surface area (Å²) in [6.45, 7) is -0.167. The maximum Gasteiger partial charge on any atom is 0.416 e. The Bertz CT molecular complexity index is 962. The van der Waals surface area contributed by atoms with Crippen molar-refractivity contribution in [1.82, 2.24) is 10.5 Å². The largest absolute Gasteiger partial charge is 0.416 e. The van der Waals surface area contributed by atoms with Crippen molar-refractivity contribution in [3.05, 3.63) is 77.0 Å². The molecule has 0 fully saturated rings. The van der Waals surface area contributed by atoms with Gasteiger partial charge in [-0.2, -0.15) is 13.2 Å². The number of halogens is 5. The van der Waals surface area contributed by atoms with Crippen molar-refractivity contribution < 1.29 is 31.3 Å². The standard InChI is InChI=1S/C18H11F5N2O2/c19-13-4-10(5-14(20)7-13)9-24-17(26)15-8-16(27-25-15)11-2-1-3-12(6-11)18(21,22)23/h1-8H,9H2,(H,24,26). The predicted molar refractivity (Wildman–Crippen MR) is 84.5 cm³/mol. The van der Waals surface area contributed by atoms with E-state index in [9.17, 15) is 26.7 Å². The van der Waals surface area contributed by atoms with Crippen molar-refractivity contribution in [1.29, 1.82) is 0 Å². The Kier molecular flexibility index (Phi) is 4.93. The molecule has 0 saturated carbocycles. The minimum atomic E-state index is -4.52. The number of rotatable bonds is 4. The number of carbonyl (C=O) groups is 1. The fourth-order valence-corrected chi connectivity index (χ4v) is 2.35. The van der Waals surface area contributed by atoms with Crippen LogP contribution in [-0.2, 0) is 12.7 Å². The number of hydrogen-bond acceptors (Lipinski definition) is 3. The maximum atomic E-state index is 13.1. The van der Waals surface area contributed by atoms with Gasteiger partial charge in [0.2, 0.25) is 0 Å². The molecule has 0 spiro atoms. The van der Waals surface area contributed by atoms with Crippen LogP contribution in [0.15, 0.2) is 53.1 Å². The molecule has 1 N–H and O–H groups in total. The number of carbonyl (C=O) groups excluding carboxylic acids is 1. The number of amides is 1. The molecule has 1 aromatic heterocycles. The summed E-state index contributed by atoms with van der Waals surface area (Å²) < 4.78 is 69.5. The average molecular weight is 382 g/mol. The molecule has 3 rings (SSSR count). The van der Waals surface area contributed by atoms with Gasteiger partial charge >= 0.3 is 6.18 Å². The van der Waals surface area contributed by atoms with Crippen molar-refractivity contribution in [2.75, 3.05) is 0 Å². The normalized spacial score (nSPS) is 11.4. The fourth-order valence-electron chi connectivity index (χ4n) is 2.35. The molecule has 0 radical (unpaired) electrons. The van der Waals surface area contributed by atoms with Gasteiger partial charge in [-0.15, -0.1) is 0 Å². The first-order chi connectivity index (χ1) is 12.7. The average Bonchev–Trinajstić information content (AvgIpc) is 3.08. The van der Waals surface area contributed by atoms with Crippen LogP contribution in [0.3, 0.4) is 0 Å². The summed E-state index contributed by atoms with van der Waals surface area (Å²) in [6.07, 6.45) is -4.52. The Hall–Kier alpha value is -3.23. The monoisotopic (exact) mass is 382 g/mol. The Balaban J connectivity index is 1.72. The smallest absolute Gasteiger partial charge is 0.355 e. The van der Waals surface area contributed by atoms with Gasteiger partial charge in [0.15, 0.2) is 11.5 Å². The SMILES string of the molecule is O=C(NCc1cc(F)cc(F)c1)c1cc(-c2cccc(C(F)(F)F)c2)on1. The van der Waals surface area contributed by atoms with E-state index in [-0.39, 0.29) is 29.1 Å². The van der Waals surface area contributed by atoms with E-state index in [2.05, 4.69) is 10.5 Å². The molecule has 140 valence electrons. The molecule has 0 atom stereocenters. The Morgan fingerprint density at radius 2 is 1.74 bits per heavy atom. The van der Waals surface area contributed by atoms with Crippen molar-refractivity contribution in [3.8, 4) is 11.3 Å². The second kappa shape index (κ2) is 7.18. The van der Waals surface area contributed by atoms with E-state index >= 15 is 0 Å². The van der Waals surface area contributed by atoms with Crippen LogP contribution in [-0.4, -0.2) is 11.1 Å². The minimum Gasteiger partial charge on any atom is -0.355 e. The summed E-state index contributed by atoms with van der Waals surface area (Å²) >= 11 is 0. The first kappa shape index (κ1) is 18.6. The lowest BCUT2D eigenvalue weighted by molar-refractivity contribution is -0.137. The van der Waals surface area contributed by atoms with Gasteiger partial charge in [-0.05, 0) is 29.8 Å². The van der Waals surface area contributed by atoms with E-state index in [1.807, 2.05) is 0 Å². The van der Waals surface area contributed by atoms with Crippen LogP contribution in [0.1, 0.15) is 21.6 Å². The van der Waals surface area contributed by atoms with Gasteiger partial charge in [0.25, 0.3) is 5.91 Å². The molecular weight excluding hydrogens is 371 g/mol. The molecule has 1 amide bonds. The molecule has 0 bridgehead atoms. The van der Waals surface area contributed by atoms with Gasteiger partial charge < -0.3 is 9.84 Å². The summed E-state index contributed by atoms with van der Waals surface area (Å²) in [4.78, 5) is 12.1. The zero-order chi connectivity index (χ0) is 19.6. The van der Waals surface area contributed by atoms with Crippen LogP contribution in [0.4, 0.5) is 22.0 Å². The highest BCUT2D eigenvalue weighted by Gasteiger charge is 2.30. The summed E-state index contributed by atoms with van der Waals surface area (Å²) in [5.41, 5.74) is -0.749. The molecular formula is C18H11F5N2O2. The molecule has 0 saturated heterocycles. The number of aromatic nitrogens is 1. The minimum absolute atomic E-state index is 0.0250. The lowest BCUT2D eigenvalue weighted by atomic mass is 10.1. The molecule has 0 aliphatic carbocycles.